The Morgan fingerprint density at radius 1 is 1.05 bits per heavy atom. The van der Waals surface area contributed by atoms with Gasteiger partial charge in [-0.2, -0.15) is 18.3 Å². The Balaban J connectivity index is 1.61. The largest absolute Gasteiger partial charge is 0.431 e. The van der Waals surface area contributed by atoms with Gasteiger partial charge in [-0.1, -0.05) is 56.4 Å². The summed E-state index contributed by atoms with van der Waals surface area (Å²) >= 11 is 0. The van der Waals surface area contributed by atoms with Gasteiger partial charge in [0.1, 0.15) is 17.1 Å². The van der Waals surface area contributed by atoms with E-state index in [2.05, 4.69) is 34.8 Å². The number of benzene rings is 1. The smallest absolute Gasteiger partial charge is 0.350 e. The van der Waals surface area contributed by atoms with Crippen LogP contribution in [0.2, 0.25) is 0 Å². The SMILES string of the molecule is C=CC1(C)N2C=CC3C=CC=C4C3=C2c2c(ccc(F)c2C4(C)C)C1(C)N1N=C(C(F)(F)F)CC1=C1C=CC=CN1C. The first kappa shape index (κ1) is 26.8. The molecule has 6 aliphatic rings. The molecule has 4 heterocycles. The molecule has 0 radical (unpaired) electrons. The van der Waals surface area contributed by atoms with Crippen molar-refractivity contribution < 1.29 is 17.6 Å². The fourth-order valence-electron chi connectivity index (χ4n) is 7.76. The van der Waals surface area contributed by atoms with E-state index in [1.165, 1.54) is 6.07 Å². The van der Waals surface area contributed by atoms with Gasteiger partial charge in [0.15, 0.2) is 0 Å². The van der Waals surface area contributed by atoms with Crippen molar-refractivity contribution in [2.24, 2.45) is 11.0 Å². The van der Waals surface area contributed by atoms with Gasteiger partial charge in [0.2, 0.25) is 0 Å². The van der Waals surface area contributed by atoms with E-state index in [4.69, 9.17) is 0 Å². The van der Waals surface area contributed by atoms with E-state index in [0.717, 1.165) is 28.0 Å². The van der Waals surface area contributed by atoms with Crippen LogP contribution in [0.3, 0.4) is 0 Å². The van der Waals surface area contributed by atoms with Crippen LogP contribution in [0, 0.1) is 11.7 Å². The third-order valence-corrected chi connectivity index (χ3v) is 10.2. The fraction of sp³-hybridized carbons (Fsp3) is 0.324. The van der Waals surface area contributed by atoms with Gasteiger partial charge in [0.25, 0.3) is 0 Å². The fourth-order valence-corrected chi connectivity index (χ4v) is 7.76. The van der Waals surface area contributed by atoms with Gasteiger partial charge in [-0.15, -0.1) is 6.58 Å². The summed E-state index contributed by atoms with van der Waals surface area (Å²) in [6.07, 6.45) is 14.4. The molecule has 1 aromatic carbocycles. The van der Waals surface area contributed by atoms with Crippen molar-refractivity contribution in [3.8, 4) is 0 Å². The van der Waals surface area contributed by atoms with Crippen LogP contribution in [0.25, 0.3) is 5.70 Å². The normalized spacial score (nSPS) is 31.9. The molecule has 3 atom stereocenters. The van der Waals surface area contributed by atoms with Crippen molar-refractivity contribution in [2.75, 3.05) is 7.05 Å². The van der Waals surface area contributed by atoms with Crippen molar-refractivity contribution in [2.45, 2.75) is 56.8 Å². The van der Waals surface area contributed by atoms with Gasteiger partial charge in [-0.25, -0.2) is 4.39 Å². The average molecular weight is 573 g/mol. The van der Waals surface area contributed by atoms with Crippen LogP contribution in [-0.2, 0) is 11.0 Å². The molecule has 2 aliphatic carbocycles. The molecule has 7 rings (SSSR count). The van der Waals surface area contributed by atoms with Crippen LogP contribution in [0.5, 0.6) is 0 Å². The summed E-state index contributed by atoms with van der Waals surface area (Å²) in [6.45, 7) is 12.2. The molecule has 1 aromatic rings. The van der Waals surface area contributed by atoms with Gasteiger partial charge in [0.05, 0.1) is 22.6 Å². The minimum Gasteiger partial charge on any atom is -0.350 e. The predicted octanol–water partition coefficient (Wildman–Crippen LogP) is 7.79. The molecule has 0 amide bonds. The van der Waals surface area contributed by atoms with Crippen LogP contribution < -0.4 is 0 Å². The summed E-state index contributed by atoms with van der Waals surface area (Å²) in [5.41, 5.74) is 2.29. The Morgan fingerprint density at radius 3 is 2.50 bits per heavy atom. The highest BCUT2D eigenvalue weighted by Gasteiger charge is 2.62. The molecule has 8 heteroatoms. The number of halogens is 4. The monoisotopic (exact) mass is 572 g/mol. The van der Waals surface area contributed by atoms with E-state index in [9.17, 15) is 13.2 Å². The van der Waals surface area contributed by atoms with Crippen molar-refractivity contribution in [3.63, 3.8) is 0 Å². The molecule has 0 fully saturated rings. The van der Waals surface area contributed by atoms with Crippen molar-refractivity contribution >= 4 is 11.4 Å². The van der Waals surface area contributed by atoms with E-state index in [1.54, 1.807) is 17.2 Å². The third kappa shape index (κ3) is 3.10. The first-order chi connectivity index (χ1) is 19.8. The van der Waals surface area contributed by atoms with Gasteiger partial charge < -0.3 is 9.80 Å². The first-order valence-corrected chi connectivity index (χ1v) is 14.1. The molecule has 42 heavy (non-hydrogen) atoms. The zero-order valence-corrected chi connectivity index (χ0v) is 24.2. The Kier molecular flexibility index (Phi) is 5.28. The van der Waals surface area contributed by atoms with Crippen LogP contribution in [0.4, 0.5) is 17.6 Å². The number of likely N-dealkylation sites (N-methyl/N-ethyl adjacent to an activating group) is 1. The summed E-state index contributed by atoms with van der Waals surface area (Å²) in [7, 11) is 1.81. The summed E-state index contributed by atoms with van der Waals surface area (Å²) in [5, 5.41) is 5.90. The molecule has 0 spiro atoms. The van der Waals surface area contributed by atoms with Crippen molar-refractivity contribution in [1.82, 2.24) is 14.8 Å². The topological polar surface area (TPSA) is 22.1 Å². The van der Waals surface area contributed by atoms with Gasteiger partial charge in [-0.05, 0) is 48.8 Å². The lowest BCUT2D eigenvalue weighted by atomic mass is 9.57. The lowest BCUT2D eigenvalue weighted by Gasteiger charge is -2.62. The summed E-state index contributed by atoms with van der Waals surface area (Å²) in [6, 6.07) is 3.20. The Morgan fingerprint density at radius 2 is 1.81 bits per heavy atom. The molecule has 0 bridgehead atoms. The second-order valence-electron chi connectivity index (χ2n) is 12.5. The molecule has 0 N–H and O–H groups in total. The van der Waals surface area contributed by atoms with Crippen LogP contribution >= 0.6 is 0 Å². The van der Waals surface area contributed by atoms with E-state index in [-0.39, 0.29) is 18.2 Å². The molecule has 3 unspecified atom stereocenters. The third-order valence-electron chi connectivity index (χ3n) is 10.2. The summed E-state index contributed by atoms with van der Waals surface area (Å²) in [5.74, 6) is -0.332. The van der Waals surface area contributed by atoms with Crippen molar-refractivity contribution in [3.05, 3.63) is 125 Å². The summed E-state index contributed by atoms with van der Waals surface area (Å²) < 4.78 is 59.2. The molecule has 4 nitrogen and oxygen atoms in total. The molecule has 0 aromatic heterocycles. The van der Waals surface area contributed by atoms with Gasteiger partial charge >= 0.3 is 6.18 Å². The number of nitrogens with zero attached hydrogens (tertiary/aromatic N) is 4. The average Bonchev–Trinajstić information content (AvgIpc) is 3.41. The van der Waals surface area contributed by atoms with Crippen LogP contribution in [0.1, 0.15) is 50.8 Å². The zero-order valence-electron chi connectivity index (χ0n) is 24.2. The van der Waals surface area contributed by atoms with Gasteiger partial charge in [-0.3, -0.25) is 5.01 Å². The maximum Gasteiger partial charge on any atom is 0.431 e. The number of hydrogen-bond donors (Lipinski definition) is 0. The predicted molar refractivity (Wildman–Crippen MR) is 157 cm³/mol. The molecule has 0 saturated heterocycles. The van der Waals surface area contributed by atoms with E-state index >= 15 is 4.39 Å². The van der Waals surface area contributed by atoms with E-state index in [1.807, 2.05) is 76.3 Å². The first-order valence-electron chi connectivity index (χ1n) is 14.1. The van der Waals surface area contributed by atoms with Crippen LogP contribution in [-0.4, -0.2) is 39.3 Å². The Labute approximate surface area is 243 Å². The number of hydrogen-bond acceptors (Lipinski definition) is 4. The molecule has 0 saturated carbocycles. The maximum atomic E-state index is 16.1. The molecular formula is C34H32F4N4. The molecule has 4 aliphatic heterocycles. The lowest BCUT2D eigenvalue weighted by Crippen LogP contribution is -2.65. The van der Waals surface area contributed by atoms with E-state index < -0.39 is 28.4 Å². The summed E-state index contributed by atoms with van der Waals surface area (Å²) in [4.78, 5) is 3.89. The highest BCUT2D eigenvalue weighted by molar-refractivity contribution is 5.94. The highest BCUT2D eigenvalue weighted by atomic mass is 19.4. The second-order valence-corrected chi connectivity index (χ2v) is 12.5. The van der Waals surface area contributed by atoms with Crippen molar-refractivity contribution in [1.29, 1.82) is 0 Å². The number of alkyl halides is 3. The zero-order chi connectivity index (χ0) is 30.0. The van der Waals surface area contributed by atoms with Gasteiger partial charge in [0, 0.05) is 48.3 Å². The van der Waals surface area contributed by atoms with E-state index in [0.29, 0.717) is 17.0 Å². The number of hydrazone groups is 1. The minimum absolute atomic E-state index is 0.00495. The highest BCUT2D eigenvalue weighted by Crippen LogP contribution is 2.63. The number of rotatable bonds is 2. The Hall–Kier alpha value is -4.07. The lowest BCUT2D eigenvalue weighted by molar-refractivity contribution is -0.0607. The maximum absolute atomic E-state index is 16.1. The second kappa shape index (κ2) is 8.27. The minimum atomic E-state index is -4.62. The number of allylic oxidation sites excluding steroid dienone is 10. The molecular weight excluding hydrogens is 540 g/mol. The Bertz CT molecular complexity index is 1710. The molecule has 216 valence electrons. The quantitative estimate of drug-likeness (QED) is 0.267. The van der Waals surface area contributed by atoms with Crippen LogP contribution in [0.15, 0.2) is 107 Å². The standard InChI is InChI=1S/C34H32F4N4/c1-7-32(4)33(5,42-25(19-26(39-42)34(36,37)38)24-13-8-9-17-40(24)6)22-14-15-23(35)29-28(22)30-27-20(16-18-41(30)32)11-10-12-21(27)31(29,2)3/h7-18,20H,1,19H2,2-6H3.